The lowest BCUT2D eigenvalue weighted by Gasteiger charge is -2.27. The van der Waals surface area contributed by atoms with Gasteiger partial charge in [0, 0.05) is 54.7 Å². The molecule has 8 rings (SSSR count). The molecule has 0 aliphatic carbocycles. The smallest absolute Gasteiger partial charge is 0.376 e. The highest BCUT2D eigenvalue weighted by molar-refractivity contribution is 7.88. The third-order valence-corrected chi connectivity index (χ3v) is 10.6. The molecule has 0 aliphatic heterocycles. The number of alkyl halides is 3. The molecule has 1 aromatic heterocycles. The van der Waals surface area contributed by atoms with Crippen LogP contribution in [-0.4, -0.2) is 13.9 Å². The van der Waals surface area contributed by atoms with Crippen LogP contribution in [0.25, 0.3) is 30.9 Å². The second-order valence-electron chi connectivity index (χ2n) is 11.8. The quantitative estimate of drug-likeness (QED) is 0.116. The molecule has 0 saturated carbocycles. The minimum absolute atomic E-state index is 0.438. The molecule has 0 aliphatic rings. The van der Waals surface area contributed by atoms with Gasteiger partial charge in [-0.2, -0.15) is 21.6 Å². The average molecular weight is 717 g/mol. The maximum Gasteiger partial charge on any atom is 0.534 e. The molecule has 10 heteroatoms. The number of rotatable bonds is 8. The van der Waals surface area contributed by atoms with Crippen LogP contribution in [0.1, 0.15) is 0 Å². The van der Waals surface area contributed by atoms with E-state index in [0.29, 0.717) is 10.4 Å². The first kappa shape index (κ1) is 32.4. The third kappa shape index (κ3) is 6.13. The summed E-state index contributed by atoms with van der Waals surface area (Å²) >= 11 is 1.36. The molecule has 0 fully saturated rings. The lowest BCUT2D eigenvalue weighted by atomic mass is 10.0. The SMILES string of the molecule is O=S(=O)(Oc1cc(N(c2ccccc2)c2ccccc2)c2c(c1)sc1cc3ccc(N(c4ccccc4)c4ccccc4)cc3cc12)C(F)(F)F. The molecule has 0 N–H and O–H groups in total. The second kappa shape index (κ2) is 12.8. The van der Waals surface area contributed by atoms with Gasteiger partial charge in [-0.3, -0.25) is 0 Å². The van der Waals surface area contributed by atoms with Crippen molar-refractivity contribution in [2.75, 3.05) is 9.80 Å². The Bertz CT molecular complexity index is 2540. The fraction of sp³-hybridized carbons (Fsp3) is 0.0244. The van der Waals surface area contributed by atoms with E-state index in [4.69, 9.17) is 4.18 Å². The number of fused-ring (bicyclic) bond motifs is 4. The number of hydrogen-bond donors (Lipinski definition) is 0. The van der Waals surface area contributed by atoms with Gasteiger partial charge in [-0.1, -0.05) is 78.9 Å². The first-order valence-corrected chi connectivity index (χ1v) is 18.1. The first-order chi connectivity index (χ1) is 24.7. The molecule has 51 heavy (non-hydrogen) atoms. The van der Waals surface area contributed by atoms with E-state index < -0.39 is 21.4 Å². The number of nitrogens with zero attached hydrogens (tertiary/aromatic N) is 2. The monoisotopic (exact) mass is 716 g/mol. The van der Waals surface area contributed by atoms with E-state index in [1.165, 1.54) is 23.5 Å². The Hall–Kier alpha value is -5.84. The van der Waals surface area contributed by atoms with Crippen molar-refractivity contribution in [1.82, 2.24) is 0 Å². The molecule has 0 bridgehead atoms. The summed E-state index contributed by atoms with van der Waals surface area (Å²) in [7, 11) is -5.93. The van der Waals surface area contributed by atoms with Crippen LogP contribution in [0.3, 0.4) is 0 Å². The van der Waals surface area contributed by atoms with Crippen LogP contribution < -0.4 is 14.0 Å². The Labute approximate surface area is 296 Å². The van der Waals surface area contributed by atoms with Crippen molar-refractivity contribution in [1.29, 1.82) is 0 Å². The molecule has 0 unspecified atom stereocenters. The lowest BCUT2D eigenvalue weighted by Crippen LogP contribution is -2.28. The fourth-order valence-corrected chi connectivity index (χ4v) is 7.94. The highest BCUT2D eigenvalue weighted by Crippen LogP contribution is 2.48. The van der Waals surface area contributed by atoms with E-state index in [-0.39, 0.29) is 0 Å². The van der Waals surface area contributed by atoms with Gasteiger partial charge in [0.15, 0.2) is 0 Å². The number of para-hydroxylation sites is 4. The Morgan fingerprint density at radius 1 is 0.510 bits per heavy atom. The van der Waals surface area contributed by atoms with Gasteiger partial charge in [-0.25, -0.2) is 0 Å². The molecule has 5 nitrogen and oxygen atoms in total. The summed E-state index contributed by atoms with van der Waals surface area (Å²) in [5.41, 5.74) is -0.736. The summed E-state index contributed by atoms with van der Waals surface area (Å²) in [4.78, 5) is 4.08. The third-order valence-electron chi connectivity index (χ3n) is 8.51. The zero-order valence-electron chi connectivity index (χ0n) is 26.7. The highest BCUT2D eigenvalue weighted by atomic mass is 32.2. The van der Waals surface area contributed by atoms with Crippen molar-refractivity contribution in [2.24, 2.45) is 0 Å². The summed E-state index contributed by atoms with van der Waals surface area (Å²) in [6.45, 7) is 0. The summed E-state index contributed by atoms with van der Waals surface area (Å²) in [5.74, 6) is -0.438. The number of benzene rings is 7. The Balaban J connectivity index is 1.38. The molecule has 1 heterocycles. The maximum atomic E-state index is 13.5. The van der Waals surface area contributed by atoms with E-state index in [2.05, 4.69) is 59.5 Å². The molecular formula is C41H27F3N2O3S2. The summed E-state index contributed by atoms with van der Waals surface area (Å²) < 4.78 is 71.3. The average Bonchev–Trinajstić information content (AvgIpc) is 3.49. The van der Waals surface area contributed by atoms with Crippen molar-refractivity contribution in [3.63, 3.8) is 0 Å². The Kier molecular flexibility index (Phi) is 8.13. The zero-order chi connectivity index (χ0) is 35.2. The van der Waals surface area contributed by atoms with Crippen LogP contribution in [0, 0.1) is 0 Å². The summed E-state index contributed by atoms with van der Waals surface area (Å²) in [6, 6.07) is 52.0. The molecular weight excluding hydrogens is 690 g/mol. The zero-order valence-corrected chi connectivity index (χ0v) is 28.3. The van der Waals surface area contributed by atoms with Crippen LogP contribution >= 0.6 is 11.3 Å². The molecule has 7 aromatic carbocycles. The number of hydrogen-bond acceptors (Lipinski definition) is 6. The molecule has 8 aromatic rings. The van der Waals surface area contributed by atoms with Gasteiger partial charge in [0.05, 0.1) is 5.69 Å². The summed E-state index contributed by atoms with van der Waals surface area (Å²) in [5, 5.41) is 3.53. The van der Waals surface area contributed by atoms with Crippen molar-refractivity contribution in [2.45, 2.75) is 5.51 Å². The van der Waals surface area contributed by atoms with Crippen molar-refractivity contribution >= 4 is 86.5 Å². The van der Waals surface area contributed by atoms with Crippen molar-refractivity contribution in [3.8, 4) is 5.75 Å². The van der Waals surface area contributed by atoms with Crippen LogP contribution in [0.5, 0.6) is 5.75 Å². The minimum Gasteiger partial charge on any atom is -0.376 e. The van der Waals surface area contributed by atoms with Crippen molar-refractivity contribution < 1.29 is 25.8 Å². The molecule has 0 spiro atoms. The fourth-order valence-electron chi connectivity index (χ4n) is 6.31. The van der Waals surface area contributed by atoms with Gasteiger partial charge in [0.2, 0.25) is 0 Å². The van der Waals surface area contributed by atoms with E-state index in [1.54, 1.807) is 0 Å². The predicted molar refractivity (Wildman–Crippen MR) is 202 cm³/mol. The lowest BCUT2D eigenvalue weighted by molar-refractivity contribution is -0.0500. The second-order valence-corrected chi connectivity index (χ2v) is 14.4. The van der Waals surface area contributed by atoms with Crippen LogP contribution in [-0.2, 0) is 10.1 Å². The van der Waals surface area contributed by atoms with Gasteiger partial charge in [0.25, 0.3) is 0 Å². The predicted octanol–water partition coefficient (Wildman–Crippen LogP) is 12.4. The maximum absolute atomic E-state index is 13.5. The van der Waals surface area contributed by atoms with Crippen LogP contribution in [0.4, 0.5) is 47.3 Å². The largest absolute Gasteiger partial charge is 0.534 e. The van der Waals surface area contributed by atoms with Gasteiger partial charge >= 0.3 is 15.6 Å². The summed E-state index contributed by atoms with van der Waals surface area (Å²) in [6.07, 6.45) is 0. The van der Waals surface area contributed by atoms with E-state index in [0.717, 1.165) is 54.7 Å². The van der Waals surface area contributed by atoms with Gasteiger partial charge < -0.3 is 14.0 Å². The Morgan fingerprint density at radius 3 is 1.53 bits per heavy atom. The van der Waals surface area contributed by atoms with Gasteiger partial charge in [-0.15, -0.1) is 11.3 Å². The number of anilines is 6. The van der Waals surface area contributed by atoms with E-state index >= 15 is 0 Å². The molecule has 0 saturated heterocycles. The van der Waals surface area contributed by atoms with Crippen LogP contribution in [0.15, 0.2) is 164 Å². The Morgan fingerprint density at radius 2 is 1.02 bits per heavy atom. The molecule has 0 amide bonds. The van der Waals surface area contributed by atoms with Gasteiger partial charge in [-0.05, 0) is 89.6 Å². The van der Waals surface area contributed by atoms with Gasteiger partial charge in [0.1, 0.15) is 5.75 Å². The number of halogens is 3. The highest BCUT2D eigenvalue weighted by Gasteiger charge is 2.48. The number of thiophene rings is 1. The van der Waals surface area contributed by atoms with Crippen molar-refractivity contribution in [3.05, 3.63) is 164 Å². The molecule has 252 valence electrons. The molecule has 0 atom stereocenters. The topological polar surface area (TPSA) is 49.9 Å². The van der Waals surface area contributed by atoms with E-state index in [1.807, 2.05) is 102 Å². The standard InChI is InChI=1S/C41H27F3N2O3S2/c42-41(43,44)51(47,48)49-35-26-37(46(32-17-9-3-10-18-32)33-19-11-4-12-20-33)40-36-24-29-23-34(22-21-28(29)25-38(36)50-39(40)27-35)45(30-13-5-1-6-14-30)31-15-7-2-8-16-31/h1-27H. The molecule has 0 radical (unpaired) electrons. The minimum atomic E-state index is -5.93. The normalized spacial score (nSPS) is 12.0. The van der Waals surface area contributed by atoms with Crippen LogP contribution in [0.2, 0.25) is 0 Å². The van der Waals surface area contributed by atoms with E-state index in [9.17, 15) is 21.6 Å². The first-order valence-electron chi connectivity index (χ1n) is 15.9.